The van der Waals surface area contributed by atoms with Gasteiger partial charge in [-0.3, -0.25) is 9.59 Å². The van der Waals surface area contributed by atoms with Gasteiger partial charge in [-0.05, 0) is 68.2 Å². The first-order valence-electron chi connectivity index (χ1n) is 16.1. The van der Waals surface area contributed by atoms with Gasteiger partial charge in [0.25, 0.3) is 5.91 Å². The summed E-state index contributed by atoms with van der Waals surface area (Å²) in [5, 5.41) is 6.65. The maximum Gasteiger partial charge on any atom is 0.256 e. The van der Waals surface area contributed by atoms with Crippen LogP contribution in [-0.2, 0) is 27.3 Å². The average Bonchev–Trinajstić information content (AvgIpc) is 3.19. The molecule has 252 valence electrons. The molecule has 0 aliphatic carbocycles. The highest BCUT2D eigenvalue weighted by molar-refractivity contribution is 6.30. The molecule has 48 heavy (non-hydrogen) atoms. The Kier molecular flexibility index (Phi) is 12.4. The molecule has 0 saturated carbocycles. The minimum atomic E-state index is -1.14. The third-order valence-corrected chi connectivity index (χ3v) is 8.49. The highest BCUT2D eigenvalue weighted by atomic mass is 35.5. The van der Waals surface area contributed by atoms with Crippen molar-refractivity contribution < 1.29 is 28.2 Å². The second-order valence-corrected chi connectivity index (χ2v) is 12.0. The summed E-state index contributed by atoms with van der Waals surface area (Å²) < 4.78 is 32.7. The summed E-state index contributed by atoms with van der Waals surface area (Å²) in [7, 11) is 3.19. The summed E-state index contributed by atoms with van der Waals surface area (Å²) in [6.45, 7) is 2.18. The molecule has 2 N–H and O–H groups in total. The minimum absolute atomic E-state index is 0.0159. The number of likely N-dealkylation sites (N-methyl/N-ethyl adjacent to an activating group) is 1. The van der Waals surface area contributed by atoms with Gasteiger partial charge in [0.05, 0.1) is 20.1 Å². The van der Waals surface area contributed by atoms with Crippen molar-refractivity contribution in [3.63, 3.8) is 0 Å². The van der Waals surface area contributed by atoms with Crippen molar-refractivity contribution >= 4 is 29.1 Å². The zero-order valence-electron chi connectivity index (χ0n) is 27.2. The summed E-state index contributed by atoms with van der Waals surface area (Å²) in [4.78, 5) is 28.2. The van der Waals surface area contributed by atoms with Gasteiger partial charge in [-0.1, -0.05) is 72.3 Å². The fraction of sp³-hybridized carbons (Fsp3) is 0.316. The van der Waals surface area contributed by atoms with Crippen LogP contribution >= 0.6 is 11.6 Å². The second-order valence-electron chi connectivity index (χ2n) is 11.6. The molecule has 4 aromatic carbocycles. The molecule has 0 saturated heterocycles. The smallest absolute Gasteiger partial charge is 0.256 e. The first-order valence-corrected chi connectivity index (χ1v) is 16.5. The highest BCUT2D eigenvalue weighted by Gasteiger charge is 2.37. The molecule has 2 atom stereocenters. The molecule has 8 nitrogen and oxygen atoms in total. The minimum Gasteiger partial charge on any atom is -0.492 e. The number of anilines is 1. The van der Waals surface area contributed by atoms with Gasteiger partial charge in [-0.25, -0.2) is 4.39 Å². The number of carbonyl (C=O) groups excluding carboxylic acids is 2. The quantitative estimate of drug-likeness (QED) is 0.138. The Morgan fingerprint density at radius 2 is 1.73 bits per heavy atom. The Bertz CT molecular complexity index is 1690. The van der Waals surface area contributed by atoms with Crippen LogP contribution in [0.1, 0.15) is 47.6 Å². The molecule has 0 fully saturated rings. The second kappa shape index (κ2) is 17.1. The molecular weight excluding hydrogens is 633 g/mol. The van der Waals surface area contributed by atoms with Crippen molar-refractivity contribution in [2.45, 2.75) is 44.4 Å². The van der Waals surface area contributed by atoms with Crippen LogP contribution in [0.25, 0.3) is 0 Å². The van der Waals surface area contributed by atoms with E-state index in [2.05, 4.69) is 34.9 Å². The van der Waals surface area contributed by atoms with E-state index in [1.165, 1.54) is 16.5 Å². The number of hydrogen-bond donors (Lipinski definition) is 2. The molecule has 1 aliphatic rings. The van der Waals surface area contributed by atoms with E-state index in [1.807, 2.05) is 24.3 Å². The Morgan fingerprint density at radius 1 is 0.958 bits per heavy atom. The van der Waals surface area contributed by atoms with Crippen LogP contribution in [0.2, 0.25) is 5.02 Å². The van der Waals surface area contributed by atoms with E-state index in [-0.39, 0.29) is 13.0 Å². The first kappa shape index (κ1) is 34.9. The fourth-order valence-electron chi connectivity index (χ4n) is 5.76. The zero-order valence-corrected chi connectivity index (χ0v) is 28.0. The molecule has 2 unspecified atom stereocenters. The normalized spacial score (nSPS) is 15.8. The summed E-state index contributed by atoms with van der Waals surface area (Å²) in [5.41, 5.74) is 3.54. The number of aryl methyl sites for hydroxylation is 1. The Balaban J connectivity index is 1.27. The SMILES string of the molecule is COc1c(OCCCNCCCc2ccccc2)cccc1C1OC(CC(=O)NCc2ccccc2F)C(=O)N(C)c2ccc(Cl)cc21. The maximum absolute atomic E-state index is 14.1. The molecule has 2 amide bonds. The van der Waals surface area contributed by atoms with Crippen LogP contribution in [0.15, 0.2) is 91.0 Å². The van der Waals surface area contributed by atoms with Gasteiger partial charge < -0.3 is 29.7 Å². The molecule has 0 spiro atoms. The lowest BCUT2D eigenvalue weighted by molar-refractivity contribution is -0.137. The number of halogens is 2. The summed E-state index contributed by atoms with van der Waals surface area (Å²) in [6, 6.07) is 27.4. The van der Waals surface area contributed by atoms with E-state index >= 15 is 0 Å². The highest BCUT2D eigenvalue weighted by Crippen LogP contribution is 2.45. The Labute approximate surface area is 286 Å². The lowest BCUT2D eigenvalue weighted by Gasteiger charge is -2.24. The molecule has 0 aromatic heterocycles. The van der Waals surface area contributed by atoms with E-state index < -0.39 is 29.8 Å². The Morgan fingerprint density at radius 3 is 2.52 bits per heavy atom. The number of fused-ring (bicyclic) bond motifs is 1. The van der Waals surface area contributed by atoms with Gasteiger partial charge >= 0.3 is 0 Å². The lowest BCUT2D eigenvalue weighted by atomic mass is 9.98. The molecule has 10 heteroatoms. The topological polar surface area (TPSA) is 89.1 Å². The third-order valence-electron chi connectivity index (χ3n) is 8.26. The number of amides is 2. The van der Waals surface area contributed by atoms with Crippen LogP contribution < -0.4 is 25.0 Å². The molecular formula is C38H41ClFN3O5. The molecule has 1 heterocycles. The van der Waals surface area contributed by atoms with Crippen LogP contribution in [0.4, 0.5) is 10.1 Å². The summed E-state index contributed by atoms with van der Waals surface area (Å²) >= 11 is 6.45. The standard InChI is InChI=1S/C38H41ClFN3O5/c1-43-32-19-18-28(39)23-30(32)36(48-34(38(43)45)24-35(44)42-25-27-14-6-7-16-31(27)40)29-15-8-17-33(37(29)46-2)47-22-10-21-41-20-9-13-26-11-4-3-5-12-26/h3-8,11-12,14-19,23,34,36,41H,9-10,13,20-22,24-25H2,1-2H3,(H,42,44). The van der Waals surface area contributed by atoms with E-state index in [0.29, 0.717) is 45.5 Å². The van der Waals surface area contributed by atoms with Gasteiger partial charge in [-0.15, -0.1) is 0 Å². The van der Waals surface area contributed by atoms with Crippen molar-refractivity contribution in [1.29, 1.82) is 0 Å². The fourth-order valence-corrected chi connectivity index (χ4v) is 5.94. The average molecular weight is 674 g/mol. The number of benzene rings is 4. The summed E-state index contributed by atoms with van der Waals surface area (Å²) in [6.07, 6.45) is 0.648. The van der Waals surface area contributed by atoms with Crippen LogP contribution in [0.5, 0.6) is 11.5 Å². The number of methoxy groups -OCH3 is 1. The number of hydrogen-bond acceptors (Lipinski definition) is 6. The number of nitrogens with zero attached hydrogens (tertiary/aromatic N) is 1. The lowest BCUT2D eigenvalue weighted by Crippen LogP contribution is -2.40. The van der Waals surface area contributed by atoms with Crippen LogP contribution in [0.3, 0.4) is 0 Å². The number of ether oxygens (including phenoxy) is 3. The van der Waals surface area contributed by atoms with E-state index in [9.17, 15) is 14.0 Å². The largest absolute Gasteiger partial charge is 0.492 e. The zero-order chi connectivity index (χ0) is 33.9. The van der Waals surface area contributed by atoms with Crippen molar-refractivity contribution in [2.24, 2.45) is 0 Å². The van der Waals surface area contributed by atoms with E-state index in [1.54, 1.807) is 50.6 Å². The van der Waals surface area contributed by atoms with Gasteiger partial charge in [-0.2, -0.15) is 0 Å². The predicted octanol–water partition coefficient (Wildman–Crippen LogP) is 6.64. The van der Waals surface area contributed by atoms with Crippen molar-refractivity contribution in [1.82, 2.24) is 10.6 Å². The van der Waals surface area contributed by atoms with E-state index in [4.69, 9.17) is 25.8 Å². The summed E-state index contributed by atoms with van der Waals surface area (Å²) in [5.74, 6) is -0.274. The van der Waals surface area contributed by atoms with Crippen molar-refractivity contribution in [2.75, 3.05) is 38.8 Å². The van der Waals surface area contributed by atoms with Gasteiger partial charge in [0, 0.05) is 41.0 Å². The first-order chi connectivity index (χ1) is 23.4. The Hall–Kier alpha value is -4.44. The van der Waals surface area contributed by atoms with Crippen molar-refractivity contribution in [3.8, 4) is 11.5 Å². The molecule has 1 aliphatic heterocycles. The molecule has 5 rings (SSSR count). The molecule has 4 aromatic rings. The monoisotopic (exact) mass is 673 g/mol. The van der Waals surface area contributed by atoms with Gasteiger partial charge in [0.2, 0.25) is 5.91 Å². The number of rotatable bonds is 15. The maximum atomic E-state index is 14.1. The van der Waals surface area contributed by atoms with Crippen LogP contribution in [-0.4, -0.2) is 51.8 Å². The molecule has 0 bridgehead atoms. The number of para-hydroxylation sites is 1. The van der Waals surface area contributed by atoms with Gasteiger partial charge in [0.1, 0.15) is 18.0 Å². The predicted molar refractivity (Wildman–Crippen MR) is 185 cm³/mol. The molecule has 0 radical (unpaired) electrons. The van der Waals surface area contributed by atoms with E-state index in [0.717, 1.165) is 32.4 Å². The number of carbonyl (C=O) groups is 2. The third kappa shape index (κ3) is 8.92. The number of nitrogens with one attached hydrogen (secondary N) is 2. The van der Waals surface area contributed by atoms with Crippen LogP contribution in [0, 0.1) is 5.82 Å². The van der Waals surface area contributed by atoms with Crippen molar-refractivity contribution in [3.05, 3.63) is 124 Å². The van der Waals surface area contributed by atoms with Gasteiger partial charge in [0.15, 0.2) is 11.5 Å².